The number of fused-ring (bicyclic) bond motifs is 1. The summed E-state index contributed by atoms with van der Waals surface area (Å²) in [7, 11) is 0. The zero-order chi connectivity index (χ0) is 15.0. The summed E-state index contributed by atoms with van der Waals surface area (Å²) < 4.78 is 10.6. The van der Waals surface area contributed by atoms with Crippen molar-refractivity contribution < 1.29 is 19.1 Å². The van der Waals surface area contributed by atoms with Crippen molar-refractivity contribution >= 4 is 29.0 Å². The molecule has 0 N–H and O–H groups in total. The van der Waals surface area contributed by atoms with Crippen molar-refractivity contribution in [1.29, 1.82) is 0 Å². The molecule has 0 aliphatic carbocycles. The van der Waals surface area contributed by atoms with Crippen LogP contribution in [0.15, 0.2) is 23.1 Å². The van der Waals surface area contributed by atoms with Crippen LogP contribution in [-0.4, -0.2) is 28.9 Å². The van der Waals surface area contributed by atoms with Crippen molar-refractivity contribution in [1.82, 2.24) is 4.90 Å². The molecular formula is C15H15NO4S. The number of rotatable bonds is 3. The molecule has 5 nitrogen and oxygen atoms in total. The van der Waals surface area contributed by atoms with Gasteiger partial charge in [-0.1, -0.05) is 13.0 Å². The molecule has 21 heavy (non-hydrogen) atoms. The molecule has 3 rings (SSSR count). The van der Waals surface area contributed by atoms with Crippen molar-refractivity contribution in [2.45, 2.75) is 26.3 Å². The van der Waals surface area contributed by atoms with E-state index < -0.39 is 0 Å². The Kier molecular flexibility index (Phi) is 3.63. The third-order valence-corrected chi connectivity index (χ3v) is 4.43. The molecule has 2 aliphatic heterocycles. The quantitative estimate of drug-likeness (QED) is 0.802. The van der Waals surface area contributed by atoms with Crippen LogP contribution in [0.1, 0.15) is 25.8 Å². The SMILES string of the molecule is CC[C@@H](C)N1C(=O)S/C(=C/c2ccc3c(c2)OCO3)C1=O. The van der Waals surface area contributed by atoms with E-state index in [1.54, 1.807) is 18.2 Å². The fourth-order valence-electron chi connectivity index (χ4n) is 2.20. The predicted octanol–water partition coefficient (Wildman–Crippen LogP) is 3.25. The van der Waals surface area contributed by atoms with Crippen LogP contribution in [0.5, 0.6) is 11.5 Å². The Hall–Kier alpha value is -1.95. The number of benzene rings is 1. The van der Waals surface area contributed by atoms with Crippen molar-refractivity contribution in [2.75, 3.05) is 6.79 Å². The summed E-state index contributed by atoms with van der Waals surface area (Å²) in [5.41, 5.74) is 0.814. The summed E-state index contributed by atoms with van der Waals surface area (Å²) >= 11 is 0.980. The Balaban J connectivity index is 1.87. The monoisotopic (exact) mass is 305 g/mol. The number of imide groups is 1. The maximum atomic E-state index is 12.3. The Morgan fingerprint density at radius 1 is 1.33 bits per heavy atom. The van der Waals surface area contributed by atoms with Crippen molar-refractivity contribution in [3.63, 3.8) is 0 Å². The average Bonchev–Trinajstić information content (AvgIpc) is 3.03. The van der Waals surface area contributed by atoms with Gasteiger partial charge < -0.3 is 9.47 Å². The van der Waals surface area contributed by atoms with Gasteiger partial charge in [-0.25, -0.2) is 0 Å². The Morgan fingerprint density at radius 3 is 2.86 bits per heavy atom. The van der Waals surface area contributed by atoms with E-state index in [2.05, 4.69) is 0 Å². The van der Waals surface area contributed by atoms with Crippen LogP contribution in [0.25, 0.3) is 6.08 Å². The lowest BCUT2D eigenvalue weighted by atomic mass is 10.1. The predicted molar refractivity (Wildman–Crippen MR) is 80.1 cm³/mol. The number of ether oxygens (including phenoxy) is 2. The minimum Gasteiger partial charge on any atom is -0.454 e. The minimum atomic E-state index is -0.225. The first-order valence-electron chi connectivity index (χ1n) is 6.77. The molecule has 1 fully saturated rings. The highest BCUT2D eigenvalue weighted by atomic mass is 32.2. The highest BCUT2D eigenvalue weighted by molar-refractivity contribution is 8.18. The Morgan fingerprint density at radius 2 is 2.10 bits per heavy atom. The van der Waals surface area contributed by atoms with Gasteiger partial charge in [-0.3, -0.25) is 14.5 Å². The lowest BCUT2D eigenvalue weighted by Gasteiger charge is -2.19. The van der Waals surface area contributed by atoms with Gasteiger partial charge in [0.25, 0.3) is 11.1 Å². The molecular weight excluding hydrogens is 290 g/mol. The molecule has 1 saturated heterocycles. The summed E-state index contributed by atoms with van der Waals surface area (Å²) in [4.78, 5) is 26.0. The third kappa shape index (κ3) is 2.51. The van der Waals surface area contributed by atoms with E-state index in [1.807, 2.05) is 19.9 Å². The highest BCUT2D eigenvalue weighted by Gasteiger charge is 2.37. The van der Waals surface area contributed by atoms with Crippen LogP contribution in [0.4, 0.5) is 4.79 Å². The van der Waals surface area contributed by atoms with E-state index in [-0.39, 0.29) is 24.0 Å². The van der Waals surface area contributed by atoms with E-state index in [0.717, 1.165) is 23.7 Å². The van der Waals surface area contributed by atoms with Crippen molar-refractivity contribution in [3.05, 3.63) is 28.7 Å². The molecule has 2 heterocycles. The molecule has 0 unspecified atom stereocenters. The molecule has 0 bridgehead atoms. The number of hydrogen-bond donors (Lipinski definition) is 0. The first-order valence-corrected chi connectivity index (χ1v) is 7.58. The Labute approximate surface area is 126 Å². The van der Waals surface area contributed by atoms with Crippen LogP contribution >= 0.6 is 11.8 Å². The summed E-state index contributed by atoms with van der Waals surface area (Å²) in [5.74, 6) is 1.13. The van der Waals surface area contributed by atoms with E-state index in [0.29, 0.717) is 16.4 Å². The molecule has 1 aromatic rings. The van der Waals surface area contributed by atoms with Crippen molar-refractivity contribution in [3.8, 4) is 11.5 Å². The smallest absolute Gasteiger partial charge is 0.293 e. The first kappa shape index (κ1) is 14.0. The summed E-state index contributed by atoms with van der Waals surface area (Å²) in [6.07, 6.45) is 2.46. The second kappa shape index (κ2) is 5.44. The zero-order valence-corrected chi connectivity index (χ0v) is 12.6. The van der Waals surface area contributed by atoms with E-state index in [1.165, 1.54) is 4.90 Å². The van der Waals surface area contributed by atoms with Gasteiger partial charge in [-0.2, -0.15) is 0 Å². The maximum absolute atomic E-state index is 12.3. The minimum absolute atomic E-state index is 0.0832. The largest absolute Gasteiger partial charge is 0.454 e. The van der Waals surface area contributed by atoms with E-state index >= 15 is 0 Å². The Bertz CT molecular complexity index is 641. The molecule has 0 radical (unpaired) electrons. The average molecular weight is 305 g/mol. The number of carbonyl (C=O) groups excluding carboxylic acids is 2. The van der Waals surface area contributed by atoms with E-state index in [9.17, 15) is 9.59 Å². The molecule has 0 aromatic heterocycles. The van der Waals surface area contributed by atoms with Gasteiger partial charge in [0.05, 0.1) is 4.91 Å². The molecule has 0 saturated carbocycles. The standard InChI is InChI=1S/C15H15NO4S/c1-3-9(2)16-14(17)13(21-15(16)18)7-10-4-5-11-12(6-10)20-8-19-11/h4-7,9H,3,8H2,1-2H3/b13-7+/t9-/m1/s1. The fraction of sp³-hybridized carbons (Fsp3) is 0.333. The molecule has 1 atom stereocenters. The number of thioether (sulfide) groups is 1. The lowest BCUT2D eigenvalue weighted by Crippen LogP contribution is -2.36. The van der Waals surface area contributed by atoms with Gasteiger partial charge in [-0.05, 0) is 48.9 Å². The molecule has 2 amide bonds. The third-order valence-electron chi connectivity index (χ3n) is 3.55. The van der Waals surface area contributed by atoms with E-state index in [4.69, 9.17) is 9.47 Å². The summed E-state index contributed by atoms with van der Waals surface area (Å²) in [6, 6.07) is 5.36. The lowest BCUT2D eigenvalue weighted by molar-refractivity contribution is -0.124. The molecule has 110 valence electrons. The normalized spacial score (nSPS) is 20.5. The van der Waals surface area contributed by atoms with Gasteiger partial charge in [-0.15, -0.1) is 0 Å². The fourth-order valence-corrected chi connectivity index (χ4v) is 3.13. The van der Waals surface area contributed by atoms with Gasteiger partial charge >= 0.3 is 0 Å². The van der Waals surface area contributed by atoms with Crippen LogP contribution < -0.4 is 9.47 Å². The maximum Gasteiger partial charge on any atom is 0.293 e. The van der Waals surface area contributed by atoms with Crippen LogP contribution in [0.3, 0.4) is 0 Å². The van der Waals surface area contributed by atoms with Gasteiger partial charge in [0, 0.05) is 6.04 Å². The molecule has 2 aliphatic rings. The van der Waals surface area contributed by atoms with Crippen LogP contribution in [-0.2, 0) is 4.79 Å². The van der Waals surface area contributed by atoms with Crippen molar-refractivity contribution in [2.24, 2.45) is 0 Å². The number of carbonyl (C=O) groups is 2. The van der Waals surface area contributed by atoms with Crippen LogP contribution in [0.2, 0.25) is 0 Å². The number of hydrogen-bond acceptors (Lipinski definition) is 5. The second-order valence-corrected chi connectivity index (χ2v) is 5.91. The van der Waals surface area contributed by atoms with Crippen LogP contribution in [0, 0.1) is 0 Å². The molecule has 0 spiro atoms. The van der Waals surface area contributed by atoms with Gasteiger partial charge in [0.1, 0.15) is 0 Å². The molecule has 1 aromatic carbocycles. The highest BCUT2D eigenvalue weighted by Crippen LogP contribution is 2.37. The summed E-state index contributed by atoms with van der Waals surface area (Å²) in [5, 5.41) is -0.207. The molecule has 6 heteroatoms. The number of nitrogens with zero attached hydrogens (tertiary/aromatic N) is 1. The number of amides is 2. The zero-order valence-electron chi connectivity index (χ0n) is 11.8. The van der Waals surface area contributed by atoms with Gasteiger partial charge in [0.15, 0.2) is 11.5 Å². The van der Waals surface area contributed by atoms with Gasteiger partial charge in [0.2, 0.25) is 6.79 Å². The summed E-state index contributed by atoms with van der Waals surface area (Å²) in [6.45, 7) is 4.04. The first-order chi connectivity index (χ1) is 10.1. The topological polar surface area (TPSA) is 55.8 Å². The second-order valence-electron chi connectivity index (χ2n) is 4.92.